The molecule has 35 heavy (non-hydrogen) atoms. The van der Waals surface area contributed by atoms with Crippen LogP contribution in [0.4, 0.5) is 10.1 Å². The Hall–Kier alpha value is -3.43. The van der Waals surface area contributed by atoms with E-state index in [1.165, 1.54) is 35.9 Å². The van der Waals surface area contributed by atoms with E-state index in [-0.39, 0.29) is 18.3 Å². The van der Waals surface area contributed by atoms with E-state index in [0.29, 0.717) is 31.5 Å². The molecule has 0 aliphatic carbocycles. The highest BCUT2D eigenvalue weighted by atomic mass is 79.9. The Kier molecular flexibility index (Phi) is 7.67. The van der Waals surface area contributed by atoms with Gasteiger partial charge in [-0.25, -0.2) is 14.2 Å². The number of halogens is 2. The fraction of sp³-hybridized carbons (Fsp3) is 0.115. The monoisotopic (exact) mass is 554 g/mol. The summed E-state index contributed by atoms with van der Waals surface area (Å²) in [6, 6.07) is 18.4. The zero-order valence-electron chi connectivity index (χ0n) is 18.8. The second-order valence-corrected chi connectivity index (χ2v) is 9.38. The van der Waals surface area contributed by atoms with Crippen molar-refractivity contribution in [1.82, 2.24) is 4.90 Å². The van der Waals surface area contributed by atoms with Crippen molar-refractivity contribution in [1.29, 1.82) is 0 Å². The van der Waals surface area contributed by atoms with E-state index < -0.39 is 5.97 Å². The highest BCUT2D eigenvalue weighted by Crippen LogP contribution is 2.34. The summed E-state index contributed by atoms with van der Waals surface area (Å²) in [5, 5.41) is 0.529. The van der Waals surface area contributed by atoms with Crippen LogP contribution in [0.15, 0.2) is 81.1 Å². The lowest BCUT2D eigenvalue weighted by molar-refractivity contribution is -0.121. The van der Waals surface area contributed by atoms with E-state index in [0.717, 1.165) is 11.1 Å². The van der Waals surface area contributed by atoms with Crippen LogP contribution in [0.3, 0.4) is 0 Å². The van der Waals surface area contributed by atoms with Crippen molar-refractivity contribution in [2.75, 3.05) is 14.2 Å². The summed E-state index contributed by atoms with van der Waals surface area (Å²) in [4.78, 5) is 30.9. The van der Waals surface area contributed by atoms with Gasteiger partial charge < -0.3 is 9.47 Å². The summed E-state index contributed by atoms with van der Waals surface area (Å²) < 4.78 is 24.6. The molecule has 4 rings (SSSR count). The molecule has 0 saturated carbocycles. The number of ether oxygens (including phenoxy) is 2. The van der Waals surface area contributed by atoms with Gasteiger partial charge in [0.15, 0.2) is 5.17 Å². The molecule has 0 unspecified atom stereocenters. The first-order chi connectivity index (χ1) is 16.8. The zero-order valence-corrected chi connectivity index (χ0v) is 21.2. The third kappa shape index (κ3) is 5.98. The largest absolute Gasteiger partial charge is 0.488 e. The maximum absolute atomic E-state index is 13.4. The Morgan fingerprint density at radius 1 is 1.14 bits per heavy atom. The number of benzene rings is 3. The molecule has 0 spiro atoms. The van der Waals surface area contributed by atoms with Gasteiger partial charge in [0.25, 0.3) is 5.91 Å². The van der Waals surface area contributed by atoms with Gasteiger partial charge in [0, 0.05) is 7.05 Å². The third-order valence-corrected chi connectivity index (χ3v) is 6.73. The van der Waals surface area contributed by atoms with Crippen molar-refractivity contribution < 1.29 is 23.5 Å². The molecule has 1 aliphatic rings. The number of rotatable bonds is 6. The zero-order chi connectivity index (χ0) is 24.9. The van der Waals surface area contributed by atoms with Gasteiger partial charge in [-0.1, -0.05) is 18.2 Å². The van der Waals surface area contributed by atoms with Crippen molar-refractivity contribution >= 4 is 56.5 Å². The van der Waals surface area contributed by atoms with E-state index in [1.807, 2.05) is 12.1 Å². The minimum atomic E-state index is -0.423. The molecule has 0 N–H and O–H groups in total. The number of carbonyl (C=O) groups is 2. The quantitative estimate of drug-likeness (QED) is 0.268. The lowest BCUT2D eigenvalue weighted by Crippen LogP contribution is -2.23. The van der Waals surface area contributed by atoms with E-state index >= 15 is 0 Å². The number of thioether (sulfide) groups is 1. The number of amidine groups is 1. The third-order valence-electron chi connectivity index (χ3n) is 5.05. The number of amides is 1. The predicted octanol–water partition coefficient (Wildman–Crippen LogP) is 6.19. The smallest absolute Gasteiger partial charge is 0.337 e. The number of nitrogens with zero attached hydrogens (tertiary/aromatic N) is 2. The Morgan fingerprint density at radius 3 is 2.60 bits per heavy atom. The first-order valence-electron chi connectivity index (χ1n) is 10.5. The van der Waals surface area contributed by atoms with Gasteiger partial charge in [0.2, 0.25) is 0 Å². The fourth-order valence-electron chi connectivity index (χ4n) is 3.22. The predicted molar refractivity (Wildman–Crippen MR) is 138 cm³/mol. The van der Waals surface area contributed by atoms with Crippen molar-refractivity contribution in [3.63, 3.8) is 0 Å². The van der Waals surface area contributed by atoms with Crippen molar-refractivity contribution in [3.05, 3.63) is 98.6 Å². The normalized spacial score (nSPS) is 15.7. The van der Waals surface area contributed by atoms with Gasteiger partial charge in [0.1, 0.15) is 18.2 Å². The minimum Gasteiger partial charge on any atom is -0.488 e. The summed E-state index contributed by atoms with van der Waals surface area (Å²) in [5.41, 5.74) is 2.58. The SMILES string of the molecule is COC(=O)c1ccc(N=C2S/C(=C\c3ccc(OCc4cccc(F)c4)c(Br)c3)C(=O)N2C)cc1. The molecule has 6 nitrogen and oxygen atoms in total. The molecule has 1 aliphatic heterocycles. The van der Waals surface area contributed by atoms with Crippen LogP contribution >= 0.6 is 27.7 Å². The Morgan fingerprint density at radius 2 is 1.91 bits per heavy atom. The molecule has 0 radical (unpaired) electrons. The Balaban J connectivity index is 1.47. The van der Waals surface area contributed by atoms with Gasteiger partial charge in [-0.15, -0.1) is 0 Å². The van der Waals surface area contributed by atoms with Crippen LogP contribution in [0.5, 0.6) is 5.75 Å². The van der Waals surface area contributed by atoms with Gasteiger partial charge >= 0.3 is 5.97 Å². The van der Waals surface area contributed by atoms with Crippen molar-refractivity contribution in [3.8, 4) is 5.75 Å². The molecule has 3 aromatic carbocycles. The van der Waals surface area contributed by atoms with Crippen molar-refractivity contribution in [2.45, 2.75) is 6.61 Å². The van der Waals surface area contributed by atoms with Crippen LogP contribution in [-0.2, 0) is 16.1 Å². The Bertz CT molecular complexity index is 1340. The standard InChI is InChI=1S/C26H20BrFN2O4S/c1-30-24(31)23(35-26(30)29-20-9-7-18(8-10-20)25(32)33-2)14-16-6-11-22(21(27)13-16)34-15-17-4-3-5-19(28)12-17/h3-14H,15H2,1-2H3/b23-14-,29-26?. The topological polar surface area (TPSA) is 68.2 Å². The number of esters is 1. The molecule has 178 valence electrons. The number of methoxy groups -OCH3 is 1. The summed E-state index contributed by atoms with van der Waals surface area (Å²) in [5.74, 6) is -0.287. The van der Waals surface area contributed by atoms with E-state index in [9.17, 15) is 14.0 Å². The maximum Gasteiger partial charge on any atom is 0.337 e. The molecular weight excluding hydrogens is 535 g/mol. The van der Waals surface area contributed by atoms with Crippen LogP contribution in [-0.4, -0.2) is 36.1 Å². The second kappa shape index (κ2) is 10.9. The number of hydrogen-bond acceptors (Lipinski definition) is 6. The molecule has 1 saturated heterocycles. The van der Waals surface area contributed by atoms with Gasteiger partial charge in [-0.3, -0.25) is 9.69 Å². The van der Waals surface area contributed by atoms with Gasteiger partial charge in [-0.05, 0) is 93.4 Å². The van der Waals surface area contributed by atoms with Gasteiger partial charge in [-0.2, -0.15) is 0 Å². The average molecular weight is 555 g/mol. The highest BCUT2D eigenvalue weighted by Gasteiger charge is 2.30. The molecule has 1 fully saturated rings. The number of carbonyl (C=O) groups excluding carboxylic acids is 2. The van der Waals surface area contributed by atoms with E-state index in [1.54, 1.807) is 55.6 Å². The minimum absolute atomic E-state index is 0.164. The average Bonchev–Trinajstić information content (AvgIpc) is 3.11. The molecule has 0 atom stereocenters. The number of aliphatic imine (C=N–C) groups is 1. The van der Waals surface area contributed by atoms with E-state index in [2.05, 4.69) is 20.9 Å². The lowest BCUT2D eigenvalue weighted by atomic mass is 10.2. The maximum atomic E-state index is 13.4. The van der Waals surface area contributed by atoms with Crippen LogP contribution in [0.1, 0.15) is 21.5 Å². The fourth-order valence-corrected chi connectivity index (χ4v) is 4.71. The summed E-state index contributed by atoms with van der Waals surface area (Å²) in [7, 11) is 2.99. The second-order valence-electron chi connectivity index (χ2n) is 7.52. The lowest BCUT2D eigenvalue weighted by Gasteiger charge is -2.09. The summed E-state index contributed by atoms with van der Waals surface area (Å²) in [6.07, 6.45) is 1.79. The number of hydrogen-bond donors (Lipinski definition) is 0. The van der Waals surface area contributed by atoms with Crippen LogP contribution < -0.4 is 4.74 Å². The summed E-state index contributed by atoms with van der Waals surface area (Å²) in [6.45, 7) is 0.233. The van der Waals surface area contributed by atoms with E-state index in [4.69, 9.17) is 9.47 Å². The summed E-state index contributed by atoms with van der Waals surface area (Å²) >= 11 is 4.77. The molecule has 0 aromatic heterocycles. The molecule has 1 amide bonds. The van der Waals surface area contributed by atoms with Crippen molar-refractivity contribution in [2.24, 2.45) is 4.99 Å². The first-order valence-corrected chi connectivity index (χ1v) is 12.1. The van der Waals surface area contributed by atoms with Crippen LogP contribution in [0.2, 0.25) is 0 Å². The molecule has 3 aromatic rings. The van der Waals surface area contributed by atoms with Crippen LogP contribution in [0.25, 0.3) is 6.08 Å². The number of likely N-dealkylation sites (N-methyl/N-ethyl adjacent to an activating group) is 1. The molecular formula is C26H20BrFN2O4S. The van der Waals surface area contributed by atoms with Crippen LogP contribution in [0, 0.1) is 5.82 Å². The highest BCUT2D eigenvalue weighted by molar-refractivity contribution is 9.10. The van der Waals surface area contributed by atoms with Gasteiger partial charge in [0.05, 0.1) is 27.7 Å². The first kappa shape index (κ1) is 24.7. The Labute approximate surface area is 214 Å². The molecule has 0 bridgehead atoms. The molecule has 1 heterocycles. The molecule has 9 heteroatoms.